The van der Waals surface area contributed by atoms with Crippen LogP contribution in [0.4, 0.5) is 5.13 Å². The minimum absolute atomic E-state index is 0.0657. The molecule has 2 fully saturated rings. The summed E-state index contributed by atoms with van der Waals surface area (Å²) in [5.41, 5.74) is 0. The molecule has 0 bridgehead atoms. The Kier molecular flexibility index (Phi) is 7.15. The van der Waals surface area contributed by atoms with Gasteiger partial charge in [-0.2, -0.15) is 4.31 Å². The van der Waals surface area contributed by atoms with E-state index in [9.17, 15) is 18.0 Å². The minimum Gasteiger partial charge on any atom is -0.337 e. The highest BCUT2D eigenvalue weighted by molar-refractivity contribution is 7.89. The fourth-order valence-corrected chi connectivity index (χ4v) is 6.51. The summed E-state index contributed by atoms with van der Waals surface area (Å²) < 4.78 is 28.9. The number of nitrogens with zero attached hydrogens (tertiary/aromatic N) is 5. The fourth-order valence-electron chi connectivity index (χ4n) is 4.57. The van der Waals surface area contributed by atoms with Gasteiger partial charge in [0.25, 0.3) is 10.0 Å². The van der Waals surface area contributed by atoms with E-state index in [0.29, 0.717) is 23.3 Å². The second kappa shape index (κ2) is 9.90. The predicted octanol–water partition coefficient (Wildman–Crippen LogP) is 2.00. The molecule has 1 aliphatic heterocycles. The van der Waals surface area contributed by atoms with E-state index >= 15 is 0 Å². The Bertz CT molecular complexity index is 1070. The van der Waals surface area contributed by atoms with Crippen molar-refractivity contribution in [3.8, 4) is 0 Å². The zero-order valence-corrected chi connectivity index (χ0v) is 20.6. The number of rotatable bonds is 7. The summed E-state index contributed by atoms with van der Waals surface area (Å²) in [6, 6.07) is -0.647. The molecule has 0 unspecified atom stereocenters. The maximum Gasteiger partial charge on any atom is 0.262 e. The monoisotopic (exact) mass is 494 g/mol. The molecule has 2 aliphatic rings. The van der Waals surface area contributed by atoms with Gasteiger partial charge in [0.05, 0.1) is 6.54 Å². The van der Waals surface area contributed by atoms with Gasteiger partial charge in [-0.3, -0.25) is 9.59 Å². The first kappa shape index (κ1) is 23.8. The first-order valence-corrected chi connectivity index (χ1v) is 13.6. The topological polar surface area (TPSA) is 118 Å². The molecule has 1 atom stereocenters. The SMILES string of the molecule is Cc1nc(S(=O)(=O)N2CCN([C@@H](CC3CCCCC3)C(=O)Nc3nccs3)C(=O)C2)cn1C. The Morgan fingerprint density at radius 3 is 2.64 bits per heavy atom. The molecule has 1 aliphatic carbocycles. The van der Waals surface area contributed by atoms with Gasteiger partial charge in [-0.05, 0) is 19.3 Å². The molecular weight excluding hydrogens is 464 g/mol. The lowest BCUT2D eigenvalue weighted by Crippen LogP contribution is -2.58. The Labute approximate surface area is 198 Å². The molecule has 0 aromatic carbocycles. The third-order valence-corrected chi connectivity index (χ3v) is 8.94. The number of imidazole rings is 1. The van der Waals surface area contributed by atoms with Crippen molar-refractivity contribution in [2.75, 3.05) is 25.0 Å². The van der Waals surface area contributed by atoms with Gasteiger partial charge < -0.3 is 14.8 Å². The van der Waals surface area contributed by atoms with E-state index in [2.05, 4.69) is 15.3 Å². The molecular formula is C21H30N6O4S2. The van der Waals surface area contributed by atoms with E-state index < -0.39 is 16.1 Å². The molecule has 1 saturated carbocycles. The number of carbonyl (C=O) groups is 2. The van der Waals surface area contributed by atoms with Crippen molar-refractivity contribution in [3.63, 3.8) is 0 Å². The highest BCUT2D eigenvalue weighted by Crippen LogP contribution is 2.30. The van der Waals surface area contributed by atoms with Crippen LogP contribution in [0.3, 0.4) is 0 Å². The van der Waals surface area contributed by atoms with Crippen molar-refractivity contribution in [2.45, 2.75) is 56.5 Å². The van der Waals surface area contributed by atoms with E-state index in [1.54, 1.807) is 35.0 Å². The molecule has 0 radical (unpaired) electrons. The number of amides is 2. The van der Waals surface area contributed by atoms with Crippen molar-refractivity contribution >= 4 is 38.3 Å². The van der Waals surface area contributed by atoms with Gasteiger partial charge in [-0.15, -0.1) is 11.3 Å². The van der Waals surface area contributed by atoms with Crippen molar-refractivity contribution in [3.05, 3.63) is 23.6 Å². The van der Waals surface area contributed by atoms with Crippen molar-refractivity contribution in [1.82, 2.24) is 23.7 Å². The summed E-state index contributed by atoms with van der Waals surface area (Å²) in [5.74, 6) is 0.315. The Morgan fingerprint density at radius 1 is 1.27 bits per heavy atom. The molecule has 180 valence electrons. The van der Waals surface area contributed by atoms with Crippen molar-refractivity contribution in [1.29, 1.82) is 0 Å². The van der Waals surface area contributed by atoms with Crippen LogP contribution >= 0.6 is 11.3 Å². The summed E-state index contributed by atoms with van der Waals surface area (Å²) in [5, 5.41) is 5.04. The lowest BCUT2D eigenvalue weighted by molar-refractivity contribution is -0.142. The lowest BCUT2D eigenvalue weighted by atomic mass is 9.84. The molecule has 1 N–H and O–H groups in total. The molecule has 2 amide bonds. The molecule has 2 aromatic rings. The summed E-state index contributed by atoms with van der Waals surface area (Å²) in [7, 11) is -2.17. The number of carbonyl (C=O) groups excluding carboxylic acids is 2. The predicted molar refractivity (Wildman–Crippen MR) is 124 cm³/mol. The number of thiazole rings is 1. The first-order valence-electron chi connectivity index (χ1n) is 11.3. The molecule has 2 aromatic heterocycles. The second-order valence-corrected chi connectivity index (χ2v) is 11.5. The molecule has 10 nitrogen and oxygen atoms in total. The first-order chi connectivity index (χ1) is 15.8. The van der Waals surface area contributed by atoms with Gasteiger partial charge in [0.1, 0.15) is 11.9 Å². The van der Waals surface area contributed by atoms with Gasteiger partial charge in [-0.1, -0.05) is 32.1 Å². The highest BCUT2D eigenvalue weighted by atomic mass is 32.2. The van der Waals surface area contributed by atoms with E-state index in [1.165, 1.54) is 24.0 Å². The van der Waals surface area contributed by atoms with Gasteiger partial charge in [0.15, 0.2) is 10.2 Å². The van der Waals surface area contributed by atoms with Gasteiger partial charge in [0.2, 0.25) is 11.8 Å². The molecule has 4 rings (SSSR count). The third kappa shape index (κ3) is 5.28. The Balaban J connectivity index is 1.50. The smallest absolute Gasteiger partial charge is 0.262 e. The maximum absolute atomic E-state index is 13.2. The zero-order chi connectivity index (χ0) is 23.6. The molecule has 1 saturated heterocycles. The van der Waals surface area contributed by atoms with Crippen LogP contribution in [0.1, 0.15) is 44.3 Å². The molecule has 33 heavy (non-hydrogen) atoms. The van der Waals surface area contributed by atoms with Crippen LogP contribution in [0.25, 0.3) is 0 Å². The fraction of sp³-hybridized carbons (Fsp3) is 0.619. The largest absolute Gasteiger partial charge is 0.337 e. The van der Waals surface area contributed by atoms with Crippen LogP contribution < -0.4 is 5.32 Å². The van der Waals surface area contributed by atoms with Gasteiger partial charge in [-0.25, -0.2) is 18.4 Å². The normalized spacial score (nSPS) is 19.6. The lowest BCUT2D eigenvalue weighted by Gasteiger charge is -2.39. The summed E-state index contributed by atoms with van der Waals surface area (Å²) >= 11 is 1.32. The number of hydrogen-bond donors (Lipinski definition) is 1. The number of sulfonamides is 1. The molecule has 3 heterocycles. The molecule has 0 spiro atoms. The Hall–Kier alpha value is -2.31. The number of piperazine rings is 1. The minimum atomic E-state index is -3.89. The van der Waals surface area contributed by atoms with Gasteiger partial charge in [0, 0.05) is 37.9 Å². The van der Waals surface area contributed by atoms with E-state index in [4.69, 9.17) is 0 Å². The third-order valence-electron chi connectivity index (χ3n) is 6.54. The maximum atomic E-state index is 13.2. The second-order valence-electron chi connectivity index (χ2n) is 8.75. The van der Waals surface area contributed by atoms with Gasteiger partial charge >= 0.3 is 0 Å². The van der Waals surface area contributed by atoms with E-state index in [-0.39, 0.29) is 36.5 Å². The van der Waals surface area contributed by atoms with Crippen LogP contribution in [0.5, 0.6) is 0 Å². The van der Waals surface area contributed by atoms with Crippen molar-refractivity contribution in [2.24, 2.45) is 13.0 Å². The van der Waals surface area contributed by atoms with E-state index in [1.807, 2.05) is 0 Å². The average molecular weight is 495 g/mol. The summed E-state index contributed by atoms with van der Waals surface area (Å²) in [6.07, 6.45) is 9.21. The number of anilines is 1. The Morgan fingerprint density at radius 2 is 2.03 bits per heavy atom. The number of aromatic nitrogens is 3. The van der Waals surface area contributed by atoms with Crippen LogP contribution in [-0.4, -0.2) is 69.6 Å². The summed E-state index contributed by atoms with van der Waals surface area (Å²) in [4.78, 5) is 36.1. The van der Waals surface area contributed by atoms with E-state index in [0.717, 1.165) is 30.0 Å². The zero-order valence-electron chi connectivity index (χ0n) is 18.9. The summed E-state index contributed by atoms with van der Waals surface area (Å²) in [6.45, 7) is 1.70. The number of aryl methyl sites for hydroxylation is 2. The number of hydrogen-bond acceptors (Lipinski definition) is 7. The van der Waals surface area contributed by atoms with Crippen LogP contribution in [-0.2, 0) is 26.7 Å². The van der Waals surface area contributed by atoms with Crippen LogP contribution in [0.15, 0.2) is 22.8 Å². The quantitative estimate of drug-likeness (QED) is 0.629. The average Bonchev–Trinajstić information content (AvgIpc) is 3.42. The van der Waals surface area contributed by atoms with Crippen molar-refractivity contribution < 1.29 is 18.0 Å². The highest BCUT2D eigenvalue weighted by Gasteiger charge is 2.40. The van der Waals surface area contributed by atoms with Crippen LogP contribution in [0.2, 0.25) is 0 Å². The van der Waals surface area contributed by atoms with Crippen LogP contribution in [0, 0.1) is 12.8 Å². The standard InChI is InChI=1S/C21H30N6O4S2/c1-15-23-18(13-25(15)2)33(30,31)26-9-10-27(19(28)14-26)17(12-16-6-4-3-5-7-16)20(29)24-21-22-8-11-32-21/h8,11,13,16-17H,3-7,9-10,12,14H2,1-2H3,(H,22,24,29)/t17-/m0/s1. The molecule has 12 heteroatoms. The number of nitrogens with one attached hydrogen (secondary N) is 1.